The van der Waals surface area contributed by atoms with Crippen molar-refractivity contribution in [2.45, 2.75) is 25.7 Å². The smallest absolute Gasteiger partial charge is 0.305 e. The molecular formula is C63H44IrN3. The van der Waals surface area contributed by atoms with E-state index in [-0.39, 0.29) is 20.1 Å². The molecule has 8 aromatic carbocycles. The molecule has 0 bridgehead atoms. The molecule has 0 saturated heterocycles. The minimum Gasteiger partial charge on any atom is -0.305 e. The van der Waals surface area contributed by atoms with Crippen LogP contribution in [0.4, 0.5) is 0 Å². The van der Waals surface area contributed by atoms with Gasteiger partial charge in [-0.05, 0) is 103 Å². The van der Waals surface area contributed by atoms with Crippen molar-refractivity contribution in [3.8, 4) is 67.2 Å². The van der Waals surface area contributed by atoms with Crippen LogP contribution < -0.4 is 0 Å². The van der Waals surface area contributed by atoms with Crippen molar-refractivity contribution in [3.63, 3.8) is 0 Å². The Labute approximate surface area is 406 Å². The number of nitrogens with zero attached hydrogens (tertiary/aromatic N) is 3. The van der Waals surface area contributed by atoms with Gasteiger partial charge in [0.15, 0.2) is 0 Å². The molecule has 3 nitrogen and oxygen atoms in total. The van der Waals surface area contributed by atoms with Crippen LogP contribution >= 0.6 is 0 Å². The summed E-state index contributed by atoms with van der Waals surface area (Å²) >= 11 is 0. The van der Waals surface area contributed by atoms with Gasteiger partial charge in [-0.1, -0.05) is 151 Å². The van der Waals surface area contributed by atoms with Crippen LogP contribution in [0.1, 0.15) is 22.3 Å². The van der Waals surface area contributed by atoms with E-state index in [0.717, 1.165) is 70.4 Å². The quantitative estimate of drug-likeness (QED) is 0.0904. The normalized spacial score (nSPS) is 11.1. The minimum absolute atomic E-state index is 0. The van der Waals surface area contributed by atoms with Gasteiger partial charge in [0.2, 0.25) is 0 Å². The predicted molar refractivity (Wildman–Crippen MR) is 272 cm³/mol. The number of fused-ring (bicyclic) bond motifs is 3. The van der Waals surface area contributed by atoms with Gasteiger partial charge in [-0.15, -0.1) is 101 Å². The van der Waals surface area contributed by atoms with Crippen LogP contribution in [0.2, 0.25) is 0 Å². The molecule has 4 heteroatoms. The van der Waals surface area contributed by atoms with Crippen molar-refractivity contribution in [1.29, 1.82) is 0 Å². The number of rotatable bonds is 12. The zero-order valence-electron chi connectivity index (χ0n) is 36.8. The summed E-state index contributed by atoms with van der Waals surface area (Å²) in [6.45, 7) is 0. The van der Waals surface area contributed by atoms with E-state index < -0.39 is 0 Å². The van der Waals surface area contributed by atoms with E-state index in [9.17, 15) is 0 Å². The van der Waals surface area contributed by atoms with E-state index in [1.165, 1.54) is 66.2 Å². The molecule has 67 heavy (non-hydrogen) atoms. The van der Waals surface area contributed by atoms with Crippen LogP contribution in [0.3, 0.4) is 0 Å². The van der Waals surface area contributed by atoms with Crippen molar-refractivity contribution in [3.05, 3.63) is 259 Å². The molecule has 320 valence electrons. The molecule has 0 amide bonds. The number of benzene rings is 8. The summed E-state index contributed by atoms with van der Waals surface area (Å²) in [5.74, 6) is 0. The number of hydrogen-bond acceptors (Lipinski definition) is 3. The van der Waals surface area contributed by atoms with Gasteiger partial charge in [0, 0.05) is 18.6 Å². The van der Waals surface area contributed by atoms with Gasteiger partial charge in [-0.2, -0.15) is 0 Å². The second-order valence-corrected chi connectivity index (χ2v) is 16.8. The van der Waals surface area contributed by atoms with Gasteiger partial charge in [-0.25, -0.2) is 0 Å². The van der Waals surface area contributed by atoms with Gasteiger partial charge >= 0.3 is 20.1 Å². The maximum absolute atomic E-state index is 4.98. The van der Waals surface area contributed by atoms with Crippen LogP contribution in [-0.2, 0) is 45.8 Å². The molecule has 0 radical (unpaired) electrons. The fourth-order valence-electron chi connectivity index (χ4n) is 9.20. The van der Waals surface area contributed by atoms with Crippen molar-refractivity contribution in [1.82, 2.24) is 15.0 Å². The molecule has 3 aromatic heterocycles. The Bertz CT molecular complexity index is 3320. The summed E-state index contributed by atoms with van der Waals surface area (Å²) in [4.78, 5) is 14.0. The molecule has 0 atom stereocenters. The van der Waals surface area contributed by atoms with Crippen LogP contribution in [0.25, 0.3) is 88.7 Å². The average molecular weight is 1040 g/mol. The molecule has 0 aliphatic carbocycles. The molecule has 0 unspecified atom stereocenters. The largest absolute Gasteiger partial charge is 3.00 e. The molecule has 0 fully saturated rings. The standard InChI is InChI=1S/C63H44N3.Ir/c1-2-12-48(13-3-1)59-43-60-58(56-16-6-7-17-57(56)59)36-39-66-63(60)52-34-32-49(33-35-52)54-14-4-5-15-55(54)53-41-46(22-20-44-24-28-50(29-25-44)61-18-8-10-37-64-61)40-47(42-53)23-21-45-26-30-51(31-27-45)62-19-9-11-38-65-62;/h1-19,24-28,30,32-34,36-43H,20-23H2;/q-3;+3. The molecule has 0 N–H and O–H groups in total. The molecule has 0 aliphatic rings. The summed E-state index contributed by atoms with van der Waals surface area (Å²) in [6, 6.07) is 81.8. The van der Waals surface area contributed by atoms with Crippen LogP contribution in [-0.4, -0.2) is 15.0 Å². The molecule has 11 rings (SSSR count). The first kappa shape index (κ1) is 43.3. The first-order valence-corrected chi connectivity index (χ1v) is 22.6. The maximum atomic E-state index is 4.98. The Kier molecular flexibility index (Phi) is 12.8. The van der Waals surface area contributed by atoms with E-state index in [4.69, 9.17) is 4.98 Å². The van der Waals surface area contributed by atoms with Gasteiger partial charge < -0.3 is 15.0 Å². The van der Waals surface area contributed by atoms with Crippen molar-refractivity contribution >= 4 is 21.5 Å². The van der Waals surface area contributed by atoms with E-state index in [1.807, 2.05) is 55.0 Å². The summed E-state index contributed by atoms with van der Waals surface area (Å²) < 4.78 is 0. The summed E-state index contributed by atoms with van der Waals surface area (Å²) in [5.41, 5.74) is 18.0. The van der Waals surface area contributed by atoms with Crippen LogP contribution in [0.5, 0.6) is 0 Å². The Morgan fingerprint density at radius 3 is 1.43 bits per heavy atom. The van der Waals surface area contributed by atoms with E-state index in [1.54, 1.807) is 0 Å². The predicted octanol–water partition coefficient (Wildman–Crippen LogP) is 15.1. The summed E-state index contributed by atoms with van der Waals surface area (Å²) in [5, 5.41) is 4.76. The van der Waals surface area contributed by atoms with E-state index in [2.05, 4.69) is 192 Å². The summed E-state index contributed by atoms with van der Waals surface area (Å²) in [7, 11) is 0. The van der Waals surface area contributed by atoms with Crippen molar-refractivity contribution < 1.29 is 20.1 Å². The minimum atomic E-state index is 0. The Hall–Kier alpha value is -7.62. The molecule has 0 aliphatic heterocycles. The topological polar surface area (TPSA) is 38.7 Å². The van der Waals surface area contributed by atoms with Gasteiger partial charge in [0.25, 0.3) is 0 Å². The number of aryl methyl sites for hydroxylation is 4. The van der Waals surface area contributed by atoms with Gasteiger partial charge in [-0.3, -0.25) is 0 Å². The number of hydrogen-bond donors (Lipinski definition) is 0. The van der Waals surface area contributed by atoms with E-state index >= 15 is 0 Å². The first-order valence-electron chi connectivity index (χ1n) is 22.6. The average Bonchev–Trinajstić information content (AvgIpc) is 3.40. The third-order valence-electron chi connectivity index (χ3n) is 12.6. The fourth-order valence-corrected chi connectivity index (χ4v) is 9.20. The van der Waals surface area contributed by atoms with Crippen LogP contribution in [0, 0.1) is 18.2 Å². The van der Waals surface area contributed by atoms with Crippen molar-refractivity contribution in [2.24, 2.45) is 0 Å². The third-order valence-corrected chi connectivity index (χ3v) is 12.6. The molecular weight excluding hydrogens is 991 g/mol. The van der Waals surface area contributed by atoms with Crippen LogP contribution in [0.15, 0.2) is 219 Å². The van der Waals surface area contributed by atoms with E-state index in [0.29, 0.717) is 0 Å². The number of pyridine rings is 3. The Balaban J connectivity index is 0.00000525. The Morgan fingerprint density at radius 1 is 0.313 bits per heavy atom. The number of aromatic nitrogens is 3. The zero-order chi connectivity index (χ0) is 44.1. The zero-order valence-corrected chi connectivity index (χ0v) is 39.2. The van der Waals surface area contributed by atoms with Gasteiger partial charge in [0.05, 0.1) is 0 Å². The molecule has 3 heterocycles. The second-order valence-electron chi connectivity index (χ2n) is 16.8. The summed E-state index contributed by atoms with van der Waals surface area (Å²) in [6.07, 6.45) is 9.23. The molecule has 0 saturated carbocycles. The monoisotopic (exact) mass is 1040 g/mol. The SMILES string of the molecule is [Ir+3].[c-]1cc(CCc2cc(CCc3c[c-]c(-c4ccccn4)cc3)cc(-c3ccccc3-c3c[c-]c(-c4nccc5c4cc(-c4ccccc4)c4ccccc45)cc3)c2)ccc1-c1ccccn1. The molecule has 0 spiro atoms. The third kappa shape index (κ3) is 9.42. The molecule has 11 aromatic rings. The van der Waals surface area contributed by atoms with Crippen molar-refractivity contribution in [2.75, 3.05) is 0 Å². The fraction of sp³-hybridized carbons (Fsp3) is 0.0635. The maximum Gasteiger partial charge on any atom is 3.00 e. The van der Waals surface area contributed by atoms with Gasteiger partial charge in [0.1, 0.15) is 0 Å². The first-order chi connectivity index (χ1) is 32.7. The Morgan fingerprint density at radius 2 is 0.851 bits per heavy atom. The second kappa shape index (κ2) is 19.9.